The van der Waals surface area contributed by atoms with Crippen LogP contribution in [-0.4, -0.2) is 17.3 Å². The number of carbonyl (C=O) groups is 1. The van der Waals surface area contributed by atoms with Crippen molar-refractivity contribution in [2.75, 3.05) is 6.54 Å². The first kappa shape index (κ1) is 15.8. The Bertz CT molecular complexity index is 368. The molecule has 1 aromatic carbocycles. The molecule has 4 nitrogen and oxygen atoms in total. The van der Waals surface area contributed by atoms with Gasteiger partial charge in [-0.25, -0.2) is 10.2 Å². The van der Waals surface area contributed by atoms with Crippen molar-refractivity contribution in [3.63, 3.8) is 0 Å². The minimum atomic E-state index is -0.472. The van der Waals surface area contributed by atoms with Crippen molar-refractivity contribution in [2.24, 2.45) is 0 Å². The largest absolute Gasteiger partial charge is 0.444 e. The van der Waals surface area contributed by atoms with E-state index in [-0.39, 0.29) is 11.2 Å². The van der Waals surface area contributed by atoms with Crippen molar-refractivity contribution < 1.29 is 9.53 Å². The molecular formula is C11H19N2O2P3. The first-order valence-corrected chi connectivity index (χ1v) is 7.27. The molecule has 0 fully saturated rings. The summed E-state index contributed by atoms with van der Waals surface area (Å²) in [6.07, 6.45) is 0.395. The third-order valence-corrected chi connectivity index (χ3v) is 2.95. The van der Waals surface area contributed by atoms with Crippen LogP contribution in [0.15, 0.2) is 30.3 Å². The zero-order valence-electron chi connectivity index (χ0n) is 10.1. The molecule has 18 heavy (non-hydrogen) atoms. The van der Waals surface area contributed by atoms with E-state index in [4.69, 9.17) is 4.74 Å². The smallest absolute Gasteiger partial charge is 0.421 e. The Morgan fingerprint density at radius 2 is 1.89 bits per heavy atom. The van der Waals surface area contributed by atoms with E-state index < -0.39 is 6.09 Å². The van der Waals surface area contributed by atoms with E-state index in [1.54, 1.807) is 0 Å². The Hall–Kier alpha value is -0.260. The maximum absolute atomic E-state index is 11.3. The highest BCUT2D eigenvalue weighted by molar-refractivity contribution is 7.57. The van der Waals surface area contributed by atoms with Gasteiger partial charge in [0.1, 0.15) is 6.61 Å². The summed E-state index contributed by atoms with van der Waals surface area (Å²) in [5, 5.41) is 0. The monoisotopic (exact) mass is 304 g/mol. The van der Waals surface area contributed by atoms with Crippen LogP contribution in [0.3, 0.4) is 0 Å². The van der Waals surface area contributed by atoms with Gasteiger partial charge >= 0.3 is 6.09 Å². The van der Waals surface area contributed by atoms with Crippen molar-refractivity contribution in [3.8, 4) is 0 Å². The molecule has 3 atom stereocenters. The minimum absolute atomic E-state index is 0.00260. The second-order valence-electron chi connectivity index (χ2n) is 3.98. The lowest BCUT2D eigenvalue weighted by Crippen LogP contribution is -2.39. The summed E-state index contributed by atoms with van der Waals surface area (Å²) in [7, 11) is 8.07. The summed E-state index contributed by atoms with van der Waals surface area (Å²) in [4.78, 5) is 11.3. The van der Waals surface area contributed by atoms with Gasteiger partial charge in [-0.05, 0) is 12.0 Å². The minimum Gasteiger partial charge on any atom is -0.444 e. The van der Waals surface area contributed by atoms with Crippen LogP contribution >= 0.6 is 27.7 Å². The van der Waals surface area contributed by atoms with Gasteiger partial charge in [-0.3, -0.25) is 5.43 Å². The number of ether oxygens (including phenoxy) is 1. The summed E-state index contributed by atoms with van der Waals surface area (Å²) in [5.41, 5.74) is 6.26. The predicted molar refractivity (Wildman–Crippen MR) is 84.2 cm³/mol. The van der Waals surface area contributed by atoms with Crippen LogP contribution in [0, 0.1) is 0 Å². The number of hydrogen-bond donors (Lipinski definition) is 2. The highest BCUT2D eigenvalue weighted by Gasteiger charge is 2.10. The Morgan fingerprint density at radius 1 is 1.22 bits per heavy atom. The van der Waals surface area contributed by atoms with E-state index in [9.17, 15) is 4.79 Å². The van der Waals surface area contributed by atoms with E-state index in [0.29, 0.717) is 6.54 Å². The van der Waals surface area contributed by atoms with Gasteiger partial charge in [0.25, 0.3) is 0 Å². The zero-order valence-corrected chi connectivity index (χ0v) is 13.5. The molecule has 0 aromatic heterocycles. The molecule has 0 aliphatic carbocycles. The molecule has 0 saturated carbocycles. The predicted octanol–water partition coefficient (Wildman–Crippen LogP) is 2.09. The van der Waals surface area contributed by atoms with E-state index in [1.165, 1.54) is 0 Å². The summed E-state index contributed by atoms with van der Waals surface area (Å²) in [6.45, 7) is 0.937. The summed E-state index contributed by atoms with van der Waals surface area (Å²) >= 11 is 0. The Labute approximate surface area is 115 Å². The fourth-order valence-electron chi connectivity index (χ4n) is 1.17. The van der Waals surface area contributed by atoms with E-state index in [1.807, 2.05) is 30.3 Å². The van der Waals surface area contributed by atoms with Crippen molar-refractivity contribution >= 4 is 33.8 Å². The maximum Gasteiger partial charge on any atom is 0.421 e. The number of hydrazine groups is 1. The molecule has 0 spiro atoms. The number of benzene rings is 1. The SMILES string of the molecule is O=C(NNCCC(P)(P)P)OCc1ccccc1. The van der Waals surface area contributed by atoms with Crippen LogP contribution in [0.4, 0.5) is 4.79 Å². The van der Waals surface area contributed by atoms with Crippen molar-refractivity contribution in [2.45, 2.75) is 17.7 Å². The number of carbonyl (C=O) groups excluding carboxylic acids is 1. The van der Waals surface area contributed by atoms with Gasteiger partial charge in [0.05, 0.1) is 0 Å². The van der Waals surface area contributed by atoms with Crippen LogP contribution in [0.5, 0.6) is 0 Å². The molecule has 0 aliphatic rings. The number of nitrogens with one attached hydrogen (secondary N) is 2. The second-order valence-corrected chi connectivity index (χ2v) is 9.20. The molecule has 2 N–H and O–H groups in total. The number of rotatable bonds is 6. The molecule has 0 aliphatic heterocycles. The fourth-order valence-corrected chi connectivity index (χ4v) is 1.61. The molecule has 100 valence electrons. The first-order valence-electron chi connectivity index (χ1n) is 5.53. The van der Waals surface area contributed by atoms with Crippen LogP contribution < -0.4 is 10.9 Å². The molecule has 0 bridgehead atoms. The average molecular weight is 304 g/mol. The molecule has 3 unspecified atom stereocenters. The van der Waals surface area contributed by atoms with Gasteiger partial charge in [-0.2, -0.15) is 0 Å². The van der Waals surface area contributed by atoms with E-state index in [0.717, 1.165) is 12.0 Å². The van der Waals surface area contributed by atoms with Gasteiger partial charge in [0.15, 0.2) is 0 Å². The normalized spacial score (nSPS) is 11.1. The molecule has 7 heteroatoms. The summed E-state index contributed by atoms with van der Waals surface area (Å²) in [6, 6.07) is 9.56. The third kappa shape index (κ3) is 7.95. The van der Waals surface area contributed by atoms with Crippen molar-refractivity contribution in [1.29, 1.82) is 0 Å². The highest BCUT2D eigenvalue weighted by Crippen LogP contribution is 2.36. The highest BCUT2D eigenvalue weighted by atomic mass is 31.1. The molecule has 0 saturated heterocycles. The Morgan fingerprint density at radius 3 is 2.50 bits per heavy atom. The third-order valence-electron chi connectivity index (χ3n) is 2.09. The second kappa shape index (κ2) is 8.02. The van der Waals surface area contributed by atoms with Crippen LogP contribution in [0.25, 0.3) is 0 Å². The molecule has 0 radical (unpaired) electrons. The quantitative estimate of drug-likeness (QED) is 0.481. The first-order chi connectivity index (χ1) is 8.47. The van der Waals surface area contributed by atoms with Crippen molar-refractivity contribution in [3.05, 3.63) is 35.9 Å². The van der Waals surface area contributed by atoms with Gasteiger partial charge in [0, 0.05) is 11.2 Å². The zero-order chi connectivity index (χ0) is 13.4. The Kier molecular flexibility index (Phi) is 7.04. The van der Waals surface area contributed by atoms with E-state index in [2.05, 4.69) is 38.6 Å². The molecule has 1 amide bonds. The topological polar surface area (TPSA) is 50.4 Å². The molecule has 0 heterocycles. The van der Waals surface area contributed by atoms with Gasteiger partial charge in [0.2, 0.25) is 0 Å². The number of amides is 1. The van der Waals surface area contributed by atoms with Crippen molar-refractivity contribution in [1.82, 2.24) is 10.9 Å². The lowest BCUT2D eigenvalue weighted by atomic mass is 10.2. The van der Waals surface area contributed by atoms with Crippen LogP contribution in [0.2, 0.25) is 0 Å². The lowest BCUT2D eigenvalue weighted by Gasteiger charge is -2.17. The van der Waals surface area contributed by atoms with Crippen LogP contribution in [-0.2, 0) is 11.3 Å². The van der Waals surface area contributed by atoms with Gasteiger partial charge < -0.3 is 4.74 Å². The van der Waals surface area contributed by atoms with E-state index >= 15 is 0 Å². The average Bonchev–Trinajstić information content (AvgIpc) is 2.32. The van der Waals surface area contributed by atoms with Crippen LogP contribution in [0.1, 0.15) is 12.0 Å². The fraction of sp³-hybridized carbons (Fsp3) is 0.364. The standard InChI is InChI=1S/C11H19N2O2P3/c14-10(13-12-7-6-11(16,17)18)15-8-9-4-2-1-3-5-9/h1-5,12H,6-8,16-18H2,(H,13,14). The number of hydrogen-bond acceptors (Lipinski definition) is 3. The lowest BCUT2D eigenvalue weighted by molar-refractivity contribution is 0.135. The molecule has 1 aromatic rings. The maximum atomic E-state index is 11.3. The molecular weight excluding hydrogens is 285 g/mol. The Balaban J connectivity index is 2.11. The van der Waals surface area contributed by atoms with Gasteiger partial charge in [-0.1, -0.05) is 30.3 Å². The molecule has 1 rings (SSSR count). The van der Waals surface area contributed by atoms with Gasteiger partial charge in [-0.15, -0.1) is 27.7 Å². The summed E-state index contributed by atoms with van der Waals surface area (Å²) < 4.78 is 5.03. The summed E-state index contributed by atoms with van der Waals surface area (Å²) in [5.74, 6) is 0.